The number of carbonyl (C=O) groups is 1. The van der Waals surface area contributed by atoms with Gasteiger partial charge in [-0.1, -0.05) is 49.6 Å². The zero-order chi connectivity index (χ0) is 28.3. The number of hydrogen-bond donors (Lipinski definition) is 1. The minimum absolute atomic E-state index is 0.407. The van der Waals surface area contributed by atoms with Crippen LogP contribution in [-0.4, -0.2) is 47.6 Å². The van der Waals surface area contributed by atoms with Gasteiger partial charge in [0.1, 0.15) is 17.3 Å². The zero-order valence-electron chi connectivity index (χ0n) is 23.5. The van der Waals surface area contributed by atoms with Crippen molar-refractivity contribution in [2.45, 2.75) is 51.7 Å². The van der Waals surface area contributed by atoms with Crippen LogP contribution in [-0.2, 0) is 16.1 Å². The van der Waals surface area contributed by atoms with Crippen LogP contribution in [0, 0.1) is 0 Å². The first-order valence-corrected chi connectivity index (χ1v) is 13.8. The van der Waals surface area contributed by atoms with E-state index in [2.05, 4.69) is 28.8 Å². The molecular formula is C33H38N2O5. The second kappa shape index (κ2) is 14.3. The molecule has 7 nitrogen and oxygen atoms in total. The molecule has 1 atom stereocenters. The highest BCUT2D eigenvalue weighted by Crippen LogP contribution is 2.37. The number of nitrogens with zero attached hydrogens (tertiary/aromatic N) is 2. The van der Waals surface area contributed by atoms with Gasteiger partial charge in [0.2, 0.25) is 0 Å². The summed E-state index contributed by atoms with van der Waals surface area (Å²) in [5.74, 6) is 1.63. The predicted octanol–water partition coefficient (Wildman–Crippen LogP) is 7.34. The van der Waals surface area contributed by atoms with Crippen LogP contribution in [0.1, 0.15) is 39.0 Å². The lowest BCUT2D eigenvalue weighted by atomic mass is 10.0. The molecule has 0 radical (unpaired) electrons. The minimum atomic E-state index is -0.886. The van der Waals surface area contributed by atoms with Crippen LogP contribution >= 0.6 is 0 Å². The van der Waals surface area contributed by atoms with Gasteiger partial charge >= 0.3 is 5.97 Å². The van der Waals surface area contributed by atoms with Crippen LogP contribution in [0.15, 0.2) is 78.9 Å². The van der Waals surface area contributed by atoms with Crippen molar-refractivity contribution in [3.63, 3.8) is 0 Å². The third-order valence-corrected chi connectivity index (χ3v) is 6.97. The summed E-state index contributed by atoms with van der Waals surface area (Å²) in [5.41, 5.74) is 5.08. The lowest BCUT2D eigenvalue weighted by Crippen LogP contribution is -2.23. The Morgan fingerprint density at radius 3 is 1.98 bits per heavy atom. The Bertz CT molecular complexity index is 1350. The van der Waals surface area contributed by atoms with Crippen LogP contribution < -0.4 is 9.47 Å². The monoisotopic (exact) mass is 542 g/mol. The van der Waals surface area contributed by atoms with Crippen molar-refractivity contribution in [2.75, 3.05) is 20.8 Å². The van der Waals surface area contributed by atoms with Crippen molar-refractivity contribution in [2.24, 2.45) is 0 Å². The fourth-order valence-corrected chi connectivity index (χ4v) is 4.90. The van der Waals surface area contributed by atoms with E-state index in [1.54, 1.807) is 14.2 Å². The Balaban J connectivity index is 1.66. The maximum absolute atomic E-state index is 11.4. The average molecular weight is 543 g/mol. The molecular weight excluding hydrogens is 504 g/mol. The molecule has 40 heavy (non-hydrogen) atoms. The molecule has 1 unspecified atom stereocenters. The van der Waals surface area contributed by atoms with Crippen LogP contribution in [0.25, 0.3) is 33.9 Å². The highest BCUT2D eigenvalue weighted by molar-refractivity contribution is 5.82. The van der Waals surface area contributed by atoms with Gasteiger partial charge in [-0.25, -0.2) is 9.78 Å². The topological polar surface area (TPSA) is 82.8 Å². The fraction of sp³-hybridized carbons (Fsp3) is 0.333. The van der Waals surface area contributed by atoms with E-state index in [-0.39, 0.29) is 0 Å². The molecule has 0 bridgehead atoms. The first-order chi connectivity index (χ1) is 19.5. The third-order valence-electron chi connectivity index (χ3n) is 6.97. The van der Waals surface area contributed by atoms with E-state index in [0.717, 1.165) is 77.6 Å². The number of aromatic nitrogens is 2. The molecule has 0 saturated carbocycles. The van der Waals surface area contributed by atoms with Gasteiger partial charge in [-0.2, -0.15) is 0 Å². The molecule has 0 fully saturated rings. The lowest BCUT2D eigenvalue weighted by Gasteiger charge is -2.15. The molecule has 1 heterocycles. The molecule has 0 aliphatic heterocycles. The minimum Gasteiger partial charge on any atom is -0.497 e. The standard InChI is InChI=1S/C33H38N2O5/c1-4-40-29(33(36)37)14-10-5-6-11-23-35-31(25-17-21-28(39-3)22-18-25)30(24-15-19-27(38-2)20-16-24)34-32(35)26-12-8-7-9-13-26/h7-9,12-13,15-22,29H,4-6,10-11,14,23H2,1-3H3,(H,36,37). The normalized spacial score (nSPS) is 11.8. The molecule has 3 aromatic carbocycles. The first kappa shape index (κ1) is 28.9. The molecule has 0 saturated heterocycles. The maximum atomic E-state index is 11.4. The summed E-state index contributed by atoms with van der Waals surface area (Å²) in [6, 6.07) is 26.4. The summed E-state index contributed by atoms with van der Waals surface area (Å²) in [7, 11) is 3.33. The molecule has 0 spiro atoms. The third kappa shape index (κ3) is 7.10. The molecule has 0 aliphatic rings. The summed E-state index contributed by atoms with van der Waals surface area (Å²) in [6.07, 6.45) is 3.47. The lowest BCUT2D eigenvalue weighted by molar-refractivity contribution is -0.150. The van der Waals surface area contributed by atoms with Crippen molar-refractivity contribution < 1.29 is 24.1 Å². The van der Waals surface area contributed by atoms with Gasteiger partial charge in [0.15, 0.2) is 6.10 Å². The van der Waals surface area contributed by atoms with Crippen LogP contribution in [0.4, 0.5) is 0 Å². The highest BCUT2D eigenvalue weighted by Gasteiger charge is 2.21. The molecule has 4 rings (SSSR count). The van der Waals surface area contributed by atoms with E-state index in [0.29, 0.717) is 13.0 Å². The fourth-order valence-electron chi connectivity index (χ4n) is 4.90. The van der Waals surface area contributed by atoms with E-state index in [1.807, 2.05) is 61.5 Å². The molecule has 7 heteroatoms. The predicted molar refractivity (Wildman–Crippen MR) is 158 cm³/mol. The number of rotatable bonds is 15. The Morgan fingerprint density at radius 1 is 0.800 bits per heavy atom. The smallest absolute Gasteiger partial charge is 0.332 e. The van der Waals surface area contributed by atoms with Crippen LogP contribution in [0.2, 0.25) is 0 Å². The van der Waals surface area contributed by atoms with Crippen molar-refractivity contribution >= 4 is 5.97 Å². The quantitative estimate of drug-likeness (QED) is 0.158. The number of methoxy groups -OCH3 is 2. The molecule has 1 aromatic heterocycles. The highest BCUT2D eigenvalue weighted by atomic mass is 16.5. The first-order valence-electron chi connectivity index (χ1n) is 13.8. The van der Waals surface area contributed by atoms with Crippen molar-refractivity contribution in [3.8, 4) is 45.4 Å². The molecule has 0 aliphatic carbocycles. The van der Waals surface area contributed by atoms with Gasteiger partial charge < -0.3 is 23.9 Å². The van der Waals surface area contributed by atoms with E-state index in [9.17, 15) is 9.90 Å². The number of unbranched alkanes of at least 4 members (excludes halogenated alkanes) is 3. The number of imidazole rings is 1. The number of carboxylic acids is 1. The van der Waals surface area contributed by atoms with Crippen molar-refractivity contribution in [1.29, 1.82) is 0 Å². The Labute approximate surface area is 236 Å². The van der Waals surface area contributed by atoms with Gasteiger partial charge in [0.05, 0.1) is 25.6 Å². The molecule has 1 N–H and O–H groups in total. The van der Waals surface area contributed by atoms with E-state index in [4.69, 9.17) is 19.2 Å². The van der Waals surface area contributed by atoms with E-state index >= 15 is 0 Å². The number of aliphatic carboxylic acids is 1. The Morgan fingerprint density at radius 2 is 1.40 bits per heavy atom. The van der Waals surface area contributed by atoms with Gasteiger partial charge in [-0.3, -0.25) is 0 Å². The van der Waals surface area contributed by atoms with Gasteiger partial charge in [-0.15, -0.1) is 0 Å². The summed E-state index contributed by atoms with van der Waals surface area (Å²) in [4.78, 5) is 16.6. The summed E-state index contributed by atoms with van der Waals surface area (Å²) >= 11 is 0. The van der Waals surface area contributed by atoms with E-state index < -0.39 is 12.1 Å². The summed E-state index contributed by atoms with van der Waals surface area (Å²) in [5, 5.41) is 9.34. The van der Waals surface area contributed by atoms with E-state index in [1.165, 1.54) is 0 Å². The van der Waals surface area contributed by atoms with Crippen LogP contribution in [0.3, 0.4) is 0 Å². The van der Waals surface area contributed by atoms with Crippen molar-refractivity contribution in [3.05, 3.63) is 78.9 Å². The Hall–Kier alpha value is -4.10. The number of carboxylic acid groups (broad SMARTS) is 1. The number of benzene rings is 3. The second-order valence-electron chi connectivity index (χ2n) is 9.59. The van der Waals surface area contributed by atoms with Gasteiger partial charge in [0.25, 0.3) is 0 Å². The molecule has 0 amide bonds. The molecule has 210 valence electrons. The maximum Gasteiger partial charge on any atom is 0.332 e. The largest absolute Gasteiger partial charge is 0.497 e. The summed E-state index contributed by atoms with van der Waals surface area (Å²) in [6.45, 7) is 3.01. The SMILES string of the molecule is CCOC(CCCCCCn1c(-c2ccccc2)nc(-c2ccc(OC)cc2)c1-c1ccc(OC)cc1)C(=O)O. The number of ether oxygens (including phenoxy) is 3. The van der Waals surface area contributed by atoms with Gasteiger partial charge in [-0.05, 0) is 68.3 Å². The molecule has 4 aromatic rings. The number of hydrogen-bond acceptors (Lipinski definition) is 5. The van der Waals surface area contributed by atoms with Crippen molar-refractivity contribution in [1.82, 2.24) is 9.55 Å². The average Bonchev–Trinajstić information content (AvgIpc) is 3.38. The van der Waals surface area contributed by atoms with Gasteiger partial charge in [0, 0.05) is 29.8 Å². The summed E-state index contributed by atoms with van der Waals surface area (Å²) < 4.78 is 18.5. The van der Waals surface area contributed by atoms with Crippen LogP contribution in [0.5, 0.6) is 11.5 Å². The second-order valence-corrected chi connectivity index (χ2v) is 9.59. The Kier molecular flexibility index (Phi) is 10.4. The zero-order valence-corrected chi connectivity index (χ0v) is 23.5.